The summed E-state index contributed by atoms with van der Waals surface area (Å²) < 4.78 is 20.1. The fourth-order valence-electron chi connectivity index (χ4n) is 2.78. The van der Waals surface area contributed by atoms with Crippen LogP contribution in [0.2, 0.25) is 0 Å². The zero-order valence-electron chi connectivity index (χ0n) is 15.5. The fourth-order valence-corrected chi connectivity index (χ4v) is 3.74. The first-order valence-electron chi connectivity index (χ1n) is 8.54. The molecule has 140 valence electrons. The average molecular weight is 384 g/mol. The molecule has 0 spiro atoms. The number of halogens is 1. The van der Waals surface area contributed by atoms with Gasteiger partial charge in [-0.1, -0.05) is 36.0 Å². The Bertz CT molecular complexity index is 1000. The zero-order chi connectivity index (χ0) is 19.4. The van der Waals surface area contributed by atoms with Crippen molar-refractivity contribution in [2.24, 2.45) is 7.05 Å². The highest BCUT2D eigenvalue weighted by Crippen LogP contribution is 2.22. The molecule has 3 aromatic rings. The van der Waals surface area contributed by atoms with Crippen LogP contribution >= 0.6 is 11.8 Å². The van der Waals surface area contributed by atoms with Gasteiger partial charge in [-0.3, -0.25) is 9.36 Å². The van der Waals surface area contributed by atoms with E-state index in [9.17, 15) is 9.18 Å². The van der Waals surface area contributed by atoms with Crippen molar-refractivity contribution in [3.8, 4) is 5.75 Å². The van der Waals surface area contributed by atoms with Crippen LogP contribution in [-0.4, -0.2) is 16.7 Å². The topological polar surface area (TPSA) is 44.1 Å². The number of rotatable bonds is 6. The van der Waals surface area contributed by atoms with Gasteiger partial charge in [0.15, 0.2) is 5.16 Å². The van der Waals surface area contributed by atoms with Crippen LogP contribution in [0.15, 0.2) is 58.5 Å². The first kappa shape index (κ1) is 19.2. The van der Waals surface area contributed by atoms with Crippen molar-refractivity contribution in [1.29, 1.82) is 0 Å². The largest absolute Gasteiger partial charge is 0.497 e. The maximum atomic E-state index is 13.3. The Morgan fingerprint density at radius 1 is 1.15 bits per heavy atom. The van der Waals surface area contributed by atoms with Crippen LogP contribution in [0.4, 0.5) is 4.39 Å². The number of aromatic nitrogens is 2. The molecule has 3 rings (SSSR count). The second-order valence-corrected chi connectivity index (χ2v) is 7.21. The van der Waals surface area contributed by atoms with Gasteiger partial charge in [0.1, 0.15) is 11.6 Å². The standard InChI is InChI=1S/C21H21FN2O2S/c1-14-19(12-15-7-9-18(26-3)10-8-15)20(25)24(2)21(23-14)27-13-16-5-4-6-17(22)11-16/h4-11H,12-13H2,1-3H3. The lowest BCUT2D eigenvalue weighted by atomic mass is 10.1. The molecule has 2 aromatic carbocycles. The maximum absolute atomic E-state index is 13.3. The van der Waals surface area contributed by atoms with Crippen LogP contribution in [0.1, 0.15) is 22.4 Å². The van der Waals surface area contributed by atoms with Gasteiger partial charge in [0.05, 0.1) is 7.11 Å². The van der Waals surface area contributed by atoms with Crippen LogP contribution in [0.3, 0.4) is 0 Å². The van der Waals surface area contributed by atoms with E-state index in [0.29, 0.717) is 22.9 Å². The van der Waals surface area contributed by atoms with E-state index in [1.807, 2.05) is 37.3 Å². The van der Waals surface area contributed by atoms with Crippen molar-refractivity contribution in [3.63, 3.8) is 0 Å². The molecular formula is C21H21FN2O2S. The van der Waals surface area contributed by atoms with E-state index in [1.165, 1.54) is 23.9 Å². The zero-order valence-corrected chi connectivity index (χ0v) is 16.3. The molecule has 0 N–H and O–H groups in total. The Labute approximate surface area is 162 Å². The first-order chi connectivity index (χ1) is 13.0. The van der Waals surface area contributed by atoms with E-state index in [2.05, 4.69) is 4.98 Å². The number of hydrogen-bond acceptors (Lipinski definition) is 4. The molecule has 4 nitrogen and oxygen atoms in total. The molecule has 6 heteroatoms. The predicted octanol–water partition coefficient (Wildman–Crippen LogP) is 4.12. The highest BCUT2D eigenvalue weighted by atomic mass is 32.2. The minimum absolute atomic E-state index is 0.0555. The van der Waals surface area contributed by atoms with Gasteiger partial charge in [-0.05, 0) is 42.3 Å². The van der Waals surface area contributed by atoms with Crippen molar-refractivity contribution < 1.29 is 9.13 Å². The summed E-state index contributed by atoms with van der Waals surface area (Å²) in [6.07, 6.45) is 0.518. The lowest BCUT2D eigenvalue weighted by Crippen LogP contribution is -2.25. The second-order valence-electron chi connectivity index (χ2n) is 6.27. The maximum Gasteiger partial charge on any atom is 0.257 e. The summed E-state index contributed by atoms with van der Waals surface area (Å²) in [5.41, 5.74) is 3.22. The highest BCUT2D eigenvalue weighted by Gasteiger charge is 2.13. The summed E-state index contributed by atoms with van der Waals surface area (Å²) in [5, 5.41) is 0.625. The molecule has 27 heavy (non-hydrogen) atoms. The smallest absolute Gasteiger partial charge is 0.257 e. The molecule has 0 aliphatic rings. The van der Waals surface area contributed by atoms with Gasteiger partial charge in [-0.15, -0.1) is 0 Å². The van der Waals surface area contributed by atoms with Gasteiger partial charge in [0.25, 0.3) is 5.56 Å². The number of hydrogen-bond donors (Lipinski definition) is 0. The van der Waals surface area contributed by atoms with Gasteiger partial charge in [-0.25, -0.2) is 9.37 Å². The molecule has 0 saturated heterocycles. The molecule has 0 fully saturated rings. The Kier molecular flexibility index (Phi) is 5.96. The van der Waals surface area contributed by atoms with Gasteiger partial charge >= 0.3 is 0 Å². The van der Waals surface area contributed by atoms with E-state index in [4.69, 9.17) is 4.74 Å². The van der Waals surface area contributed by atoms with Crippen LogP contribution in [-0.2, 0) is 19.2 Å². The number of ether oxygens (including phenoxy) is 1. The van der Waals surface area contributed by atoms with E-state index in [1.54, 1.807) is 24.8 Å². The summed E-state index contributed by atoms with van der Waals surface area (Å²) in [6.45, 7) is 1.85. The summed E-state index contributed by atoms with van der Waals surface area (Å²) in [6, 6.07) is 14.1. The number of thioether (sulfide) groups is 1. The molecule has 0 aliphatic heterocycles. The van der Waals surface area contributed by atoms with Gasteiger partial charge in [0.2, 0.25) is 0 Å². The molecule has 0 unspecified atom stereocenters. The quantitative estimate of drug-likeness (QED) is 0.474. The lowest BCUT2D eigenvalue weighted by Gasteiger charge is -2.12. The third-order valence-electron chi connectivity index (χ3n) is 4.35. The summed E-state index contributed by atoms with van der Waals surface area (Å²) >= 11 is 1.43. The number of benzene rings is 2. The Morgan fingerprint density at radius 3 is 2.56 bits per heavy atom. The van der Waals surface area contributed by atoms with Crippen molar-refractivity contribution in [1.82, 2.24) is 9.55 Å². The Morgan fingerprint density at radius 2 is 1.89 bits per heavy atom. The summed E-state index contributed by atoms with van der Waals surface area (Å²) in [4.78, 5) is 17.4. The monoisotopic (exact) mass is 384 g/mol. The van der Waals surface area contributed by atoms with Crippen molar-refractivity contribution >= 4 is 11.8 Å². The molecule has 0 bridgehead atoms. The highest BCUT2D eigenvalue weighted by molar-refractivity contribution is 7.98. The molecule has 1 aromatic heterocycles. The molecule has 0 aliphatic carbocycles. The van der Waals surface area contributed by atoms with Crippen LogP contribution in [0.25, 0.3) is 0 Å². The lowest BCUT2D eigenvalue weighted by molar-refractivity contribution is 0.414. The minimum atomic E-state index is -0.263. The average Bonchev–Trinajstić information content (AvgIpc) is 2.67. The molecule has 0 atom stereocenters. The van der Waals surface area contributed by atoms with Gasteiger partial charge in [0, 0.05) is 30.5 Å². The first-order valence-corrected chi connectivity index (χ1v) is 9.53. The van der Waals surface area contributed by atoms with Gasteiger partial charge < -0.3 is 4.74 Å². The van der Waals surface area contributed by atoms with E-state index in [0.717, 1.165) is 22.6 Å². The third-order valence-corrected chi connectivity index (χ3v) is 5.45. The minimum Gasteiger partial charge on any atom is -0.497 e. The summed E-state index contributed by atoms with van der Waals surface area (Å²) in [5.74, 6) is 1.07. The van der Waals surface area contributed by atoms with Crippen LogP contribution < -0.4 is 10.3 Å². The summed E-state index contributed by atoms with van der Waals surface area (Å²) in [7, 11) is 3.35. The van der Waals surface area contributed by atoms with Crippen LogP contribution in [0, 0.1) is 12.7 Å². The SMILES string of the molecule is COc1ccc(Cc2c(C)nc(SCc3cccc(F)c3)n(C)c2=O)cc1. The normalized spacial score (nSPS) is 10.8. The van der Waals surface area contributed by atoms with E-state index >= 15 is 0 Å². The molecule has 0 amide bonds. The third kappa shape index (κ3) is 4.57. The fraction of sp³-hybridized carbons (Fsp3) is 0.238. The Balaban J connectivity index is 1.81. The molecule has 0 saturated carbocycles. The number of nitrogens with zero attached hydrogens (tertiary/aromatic N) is 2. The second kappa shape index (κ2) is 8.39. The van der Waals surface area contributed by atoms with Gasteiger partial charge in [-0.2, -0.15) is 0 Å². The van der Waals surface area contributed by atoms with Crippen molar-refractivity contribution in [2.45, 2.75) is 24.3 Å². The van der Waals surface area contributed by atoms with E-state index < -0.39 is 0 Å². The van der Waals surface area contributed by atoms with Crippen molar-refractivity contribution in [3.05, 3.63) is 87.1 Å². The number of methoxy groups -OCH3 is 1. The van der Waals surface area contributed by atoms with Crippen LogP contribution in [0.5, 0.6) is 5.75 Å². The Hall–Kier alpha value is -2.60. The molecule has 0 radical (unpaired) electrons. The van der Waals surface area contributed by atoms with E-state index in [-0.39, 0.29) is 11.4 Å². The molecule has 1 heterocycles. The number of aryl methyl sites for hydroxylation is 1. The predicted molar refractivity (Wildman–Crippen MR) is 106 cm³/mol. The molecular weight excluding hydrogens is 363 g/mol. The van der Waals surface area contributed by atoms with Crippen molar-refractivity contribution in [2.75, 3.05) is 7.11 Å².